The van der Waals surface area contributed by atoms with Crippen LogP contribution in [0.1, 0.15) is 159 Å². The molecular weight excluding hydrogens is 1480 g/mol. The van der Waals surface area contributed by atoms with Crippen LogP contribution in [-0.4, -0.2) is 157 Å². The van der Waals surface area contributed by atoms with Crippen molar-refractivity contribution in [2.45, 2.75) is 128 Å². The quantitative estimate of drug-likeness (QED) is 0.0341. The highest BCUT2D eigenvalue weighted by Gasteiger charge is 2.26. The summed E-state index contributed by atoms with van der Waals surface area (Å²) in [7, 11) is 0. The van der Waals surface area contributed by atoms with Crippen LogP contribution in [0.25, 0.3) is 0 Å². The second-order valence-electron chi connectivity index (χ2n) is 25.1. The van der Waals surface area contributed by atoms with E-state index < -0.39 is 45.5 Å². The molecule has 0 radical (unpaired) electrons. The molecule has 33 nitrogen and oxygen atoms in total. The molecule has 0 saturated carbocycles. The number of H-pyrrole nitrogens is 1. The minimum absolute atomic E-state index is 0.00926. The molecule has 7 aromatic heterocycles. The van der Waals surface area contributed by atoms with Crippen molar-refractivity contribution in [2.75, 3.05) is 88.2 Å². The number of nitrogens with one attached hydrogen (secondary N) is 3. The summed E-state index contributed by atoms with van der Waals surface area (Å²) < 4.78 is 73.1. The third kappa shape index (κ3) is 24.0. The van der Waals surface area contributed by atoms with Crippen molar-refractivity contribution in [3.8, 4) is 11.5 Å². The van der Waals surface area contributed by atoms with Crippen molar-refractivity contribution < 1.29 is 61.4 Å². The van der Waals surface area contributed by atoms with Gasteiger partial charge in [-0.1, -0.05) is 53.3 Å². The second-order valence-corrected chi connectivity index (χ2v) is 26.7. The van der Waals surface area contributed by atoms with E-state index in [4.69, 9.17) is 91.0 Å². The summed E-state index contributed by atoms with van der Waals surface area (Å²) >= 11 is 24.5. The Morgan fingerprint density at radius 3 is 1.33 bits per heavy atom. The van der Waals surface area contributed by atoms with Crippen LogP contribution in [-0.2, 0) is 23.7 Å². The van der Waals surface area contributed by atoms with E-state index >= 15 is 0 Å². The van der Waals surface area contributed by atoms with Crippen molar-refractivity contribution in [1.29, 1.82) is 0 Å². The summed E-state index contributed by atoms with van der Waals surface area (Å²) in [5, 5.41) is 64.1. The van der Waals surface area contributed by atoms with Crippen molar-refractivity contribution in [3.05, 3.63) is 179 Å². The number of anilines is 4. The van der Waals surface area contributed by atoms with Crippen LogP contribution in [0.15, 0.2) is 98.4 Å². The normalized spacial score (nSPS) is 16.4. The molecule has 2 atom stereocenters. The average molecular weight is 1570 g/mol. The van der Waals surface area contributed by atoms with Crippen LogP contribution in [0.3, 0.4) is 0 Å². The van der Waals surface area contributed by atoms with Crippen molar-refractivity contribution in [1.82, 2.24) is 69.7 Å². The molecule has 39 heteroatoms. The van der Waals surface area contributed by atoms with Gasteiger partial charge in [-0.2, -0.15) is 30.6 Å². The maximum Gasteiger partial charge on any atom is 0.307 e. The van der Waals surface area contributed by atoms with Gasteiger partial charge < -0.3 is 55.3 Å². The molecule has 14 rings (SSSR count). The number of hydrogen-bond acceptors (Lipinski definition) is 24. The standard InChI is InChI=1S/C22H22Cl2FN5O3.C21H21Cl2FN6O3.C8H11N3O3.C8H13N3O.C6H12O.C3H3N3O2/c1-12-19(33-13(2)20-16(23)3-4-17(25)21(20)24)9-18(29-28-12)22(31)27-14-10-26-30(11-14)15-5-7-32-8-6-15;1-11(18-14(22)2-3-15(24)19(18)23)33-17-8-16(28-29-20(17)25)21(31)27-12-9-26-30(10-12)13-4-6-32-7-5-13;12-11(13)8-5-9-10(6-8)7-1-3-14-4-2-7;9-7-5-10-11(6-7)8-1-3-12-4-2-8;1-6-2-4-7-5-3-6;7-6(8)3-1-4-5-2-3/h3-4,9-11,13,15H,5-8H2,1-2H3,(H,27,31);2-3,8-11,13H,4-7H2,1H3,(H2,25,29)(H,27,31);5-7H,1-4H2;5-6,8H,1-4,9H2;6H,2-5H2,1H3;1-2H,(H,4,5). The molecule has 5 saturated heterocycles. The average Bonchev–Trinajstić information content (AvgIpc) is 1.82. The first-order chi connectivity index (χ1) is 51.5. The lowest BCUT2D eigenvalue weighted by atomic mass is 10.0. The highest BCUT2D eigenvalue weighted by atomic mass is 35.5. The van der Waals surface area contributed by atoms with E-state index in [2.05, 4.69) is 68.5 Å². The first kappa shape index (κ1) is 81.5. The van der Waals surface area contributed by atoms with Gasteiger partial charge in [-0.3, -0.25) is 53.6 Å². The minimum atomic E-state index is -0.777. The van der Waals surface area contributed by atoms with Crippen LogP contribution in [0.4, 0.5) is 43.0 Å². The molecule has 12 heterocycles. The number of nitro groups is 2. The maximum atomic E-state index is 13.9. The number of aromatic nitrogens is 14. The first-order valence-corrected chi connectivity index (χ1v) is 35.8. The Morgan fingerprint density at radius 1 is 0.551 bits per heavy atom. The zero-order valence-corrected chi connectivity index (χ0v) is 61.9. The van der Waals surface area contributed by atoms with E-state index in [-0.39, 0.29) is 78.1 Å². The number of aryl methyl sites for hydroxylation is 1. The maximum absolute atomic E-state index is 13.9. The fourth-order valence-corrected chi connectivity index (χ4v) is 12.7. The number of halogens is 6. The number of nitrogen functional groups attached to an aromatic ring is 2. The van der Waals surface area contributed by atoms with Crippen molar-refractivity contribution >= 4 is 92.5 Å². The molecule has 2 unspecified atom stereocenters. The molecule has 5 fully saturated rings. The molecule has 2 aromatic carbocycles. The topological polar surface area (TPSA) is 413 Å². The van der Waals surface area contributed by atoms with Crippen molar-refractivity contribution in [3.63, 3.8) is 0 Å². The predicted octanol–water partition coefficient (Wildman–Crippen LogP) is 13.3. The van der Waals surface area contributed by atoms with E-state index in [9.17, 15) is 38.6 Å². The Kier molecular flexibility index (Phi) is 30.8. The van der Waals surface area contributed by atoms with Gasteiger partial charge in [0.2, 0.25) is 0 Å². The molecule has 7 N–H and O–H groups in total. The van der Waals surface area contributed by atoms with Crippen LogP contribution in [0.2, 0.25) is 20.1 Å². The molecular formula is C68H82Cl4F2N20O13. The lowest BCUT2D eigenvalue weighted by Crippen LogP contribution is -2.20. The Labute approximate surface area is 632 Å². The first-order valence-electron chi connectivity index (χ1n) is 34.3. The SMILES string of the molecule is CC(Oc1cc(C(=O)Nc2cnn(C3CCOCC3)c2)nnc1N)c1c(Cl)ccc(F)c1Cl.CC1CCOCC1.Cc1nnc(C(=O)Nc2cnn(C3CCOCC3)c2)cc1OC(C)c1c(Cl)ccc(F)c1Cl.Nc1cnn(C2CCOCC2)c1.O=[N+]([O-])c1cn[nH]c1.O=[N+]([O-])c1cnn(C2CCOCC2)c1. The Morgan fingerprint density at radius 2 is 0.944 bits per heavy atom. The van der Waals surface area contributed by atoms with E-state index in [0.29, 0.717) is 74.1 Å². The smallest absolute Gasteiger partial charge is 0.307 e. The predicted molar refractivity (Wildman–Crippen MR) is 391 cm³/mol. The number of rotatable bonds is 16. The monoisotopic (exact) mass is 1560 g/mol. The number of aromatic amines is 1. The van der Waals surface area contributed by atoms with Gasteiger partial charge in [-0.05, 0) is 115 Å². The fraction of sp³-hybridized carbons (Fsp3) is 0.456. The van der Waals surface area contributed by atoms with Crippen LogP contribution in [0.5, 0.6) is 11.5 Å². The summed E-state index contributed by atoms with van der Waals surface area (Å²) in [5.41, 5.74) is 14.3. The number of carbonyl (C=O) groups is 2. The summed E-state index contributed by atoms with van der Waals surface area (Å²) in [6, 6.07) is 9.16. The molecule has 9 aromatic rings. The number of benzene rings is 2. The lowest BCUT2D eigenvalue weighted by molar-refractivity contribution is -0.385. The van der Waals surface area contributed by atoms with Crippen LogP contribution < -0.4 is 31.6 Å². The molecule has 2 amide bonds. The molecule has 574 valence electrons. The Balaban J connectivity index is 0.000000164. The lowest BCUT2D eigenvalue weighted by Gasteiger charge is -2.22. The van der Waals surface area contributed by atoms with Gasteiger partial charge in [0.25, 0.3) is 11.8 Å². The van der Waals surface area contributed by atoms with Crippen molar-refractivity contribution in [2.24, 2.45) is 5.92 Å². The Bertz CT molecular complexity index is 4170. The zero-order chi connectivity index (χ0) is 76.5. The Hall–Kier alpha value is -9.59. The molecule has 5 aliphatic rings. The third-order valence-corrected chi connectivity index (χ3v) is 18.8. The fourth-order valence-electron chi connectivity index (χ4n) is 11.3. The summed E-state index contributed by atoms with van der Waals surface area (Å²) in [5.74, 6) is -0.968. The molecule has 0 bridgehead atoms. The van der Waals surface area contributed by atoms with Gasteiger partial charge in [0.1, 0.15) is 53.9 Å². The van der Waals surface area contributed by atoms with E-state index in [1.807, 2.05) is 20.2 Å². The van der Waals surface area contributed by atoms with E-state index in [0.717, 1.165) is 102 Å². The van der Waals surface area contributed by atoms with Gasteiger partial charge in [0.15, 0.2) is 23.0 Å². The van der Waals surface area contributed by atoms with E-state index in [1.54, 1.807) is 56.4 Å². The second kappa shape index (κ2) is 40.4. The molecule has 5 aliphatic heterocycles. The summed E-state index contributed by atoms with van der Waals surface area (Å²) in [4.78, 5) is 44.8. The molecule has 0 spiro atoms. The number of ether oxygens (including phenoxy) is 7. The summed E-state index contributed by atoms with van der Waals surface area (Å²) in [6.45, 7) is 15.1. The number of hydrogen-bond donors (Lipinski definition) is 5. The van der Waals surface area contributed by atoms with Gasteiger partial charge in [0.05, 0.1) is 85.9 Å². The summed E-state index contributed by atoms with van der Waals surface area (Å²) in [6.07, 6.45) is 23.7. The van der Waals surface area contributed by atoms with Gasteiger partial charge in [0, 0.05) is 118 Å². The highest BCUT2D eigenvalue weighted by Crippen LogP contribution is 2.38. The highest BCUT2D eigenvalue weighted by molar-refractivity contribution is 6.36. The number of nitrogens with zero attached hydrogens (tertiary/aromatic N) is 15. The van der Waals surface area contributed by atoms with Gasteiger partial charge in [-0.15, -0.1) is 15.3 Å². The third-order valence-electron chi connectivity index (χ3n) is 17.4. The minimum Gasteiger partial charge on any atom is -0.484 e. The van der Waals surface area contributed by atoms with Gasteiger partial charge in [-0.25, -0.2) is 8.78 Å². The number of nitrogens with two attached hydrogens (primary N) is 2. The largest absolute Gasteiger partial charge is 0.484 e. The molecule has 0 aliphatic carbocycles. The van der Waals surface area contributed by atoms with Gasteiger partial charge >= 0.3 is 11.4 Å². The number of carbonyl (C=O) groups excluding carboxylic acids is 2. The zero-order valence-electron chi connectivity index (χ0n) is 58.9. The number of amides is 2. The molecule has 107 heavy (non-hydrogen) atoms. The van der Waals surface area contributed by atoms with E-state index in [1.165, 1.54) is 61.8 Å². The van der Waals surface area contributed by atoms with Crippen LogP contribution in [0, 0.1) is 44.7 Å². The van der Waals surface area contributed by atoms with Crippen LogP contribution >= 0.6 is 46.4 Å².